The van der Waals surface area contributed by atoms with Crippen molar-refractivity contribution >= 4 is 132 Å². The molecule has 2 rings (SSSR count). The van der Waals surface area contributed by atoms with E-state index < -0.39 is 0 Å². The lowest BCUT2D eigenvalue weighted by atomic mass is 10.2. The van der Waals surface area contributed by atoms with Crippen molar-refractivity contribution in [2.24, 2.45) is 0 Å². The fourth-order valence-electron chi connectivity index (χ4n) is 1.63. The number of hydrogen-bond acceptors (Lipinski definition) is 4. The lowest BCUT2D eigenvalue weighted by Gasteiger charge is -2.08. The summed E-state index contributed by atoms with van der Waals surface area (Å²) in [6.45, 7) is 0. The van der Waals surface area contributed by atoms with E-state index in [0.717, 1.165) is 30.5 Å². The molecule has 0 aliphatic heterocycles. The average Bonchev–Trinajstić information content (AvgIpc) is 2.42. The van der Waals surface area contributed by atoms with Gasteiger partial charge < -0.3 is 0 Å². The smallest absolute Gasteiger partial charge is 0.232 e. The summed E-state index contributed by atoms with van der Waals surface area (Å²) in [6.07, 6.45) is 0. The van der Waals surface area contributed by atoms with Crippen molar-refractivity contribution in [3.05, 3.63) is 61.5 Å². The second kappa shape index (κ2) is 9.61. The van der Waals surface area contributed by atoms with Crippen LogP contribution in [0.3, 0.4) is 0 Å². The molecule has 0 saturated heterocycles. The van der Waals surface area contributed by atoms with Gasteiger partial charge in [-0.15, -0.1) is 0 Å². The van der Waals surface area contributed by atoms with Crippen LogP contribution in [0, 0.1) is 7.14 Å². The number of hydrogen-bond donors (Lipinski definition) is 0. The zero-order chi connectivity index (χ0) is 18.0. The molecule has 0 amide bonds. The number of halogens is 6. The normalized spacial score (nSPS) is 10.8. The summed E-state index contributed by atoms with van der Waals surface area (Å²) in [4.78, 5) is 24.8. The Morgan fingerprint density at radius 1 is 0.792 bits per heavy atom. The lowest BCUT2D eigenvalue weighted by Crippen LogP contribution is -2.01. The van der Waals surface area contributed by atoms with E-state index in [9.17, 15) is 9.59 Å². The molecule has 2 nitrogen and oxygen atoms in total. The van der Waals surface area contributed by atoms with Crippen LogP contribution in [0.25, 0.3) is 0 Å². The third kappa shape index (κ3) is 5.49. The van der Waals surface area contributed by atoms with Crippen LogP contribution in [0.4, 0.5) is 0 Å². The first-order valence-corrected chi connectivity index (χ1v) is 12.6. The molecule has 0 aliphatic carbocycles. The summed E-state index contributed by atoms with van der Waals surface area (Å²) in [5, 5.41) is 0.128. The molecule has 2 aromatic carbocycles. The summed E-state index contributed by atoms with van der Waals surface area (Å²) < 4.78 is 3.01. The van der Waals surface area contributed by atoms with E-state index in [2.05, 4.69) is 31.9 Å². The quantitative estimate of drug-likeness (QED) is 0.230. The standard InChI is InChI=1S/C14H4Br2Cl2I2O2S2/c15-5-1-7(17)11(9(19)3-5)13(21)23-24-14(22)12-8(18)2-6(16)4-10(12)20/h1-4H. The van der Waals surface area contributed by atoms with Gasteiger partial charge in [0.2, 0.25) is 10.2 Å². The van der Waals surface area contributed by atoms with Crippen molar-refractivity contribution in [2.45, 2.75) is 0 Å². The topological polar surface area (TPSA) is 34.1 Å². The predicted octanol–water partition coefficient (Wildman–Crippen LogP) is 8.09. The first kappa shape index (κ1) is 21.8. The zero-order valence-electron chi connectivity index (χ0n) is 11.2. The number of carbonyl (C=O) groups excluding carboxylic acids is 2. The molecule has 0 fully saturated rings. The monoisotopic (exact) mass is 750 g/mol. The van der Waals surface area contributed by atoms with Crippen LogP contribution in [-0.2, 0) is 0 Å². The van der Waals surface area contributed by atoms with Crippen LogP contribution in [0.2, 0.25) is 10.0 Å². The fourth-order valence-corrected chi connectivity index (χ4v) is 8.53. The second-order valence-electron chi connectivity index (χ2n) is 4.23. The summed E-state index contributed by atoms with van der Waals surface area (Å²) >= 11 is 23.0. The van der Waals surface area contributed by atoms with Crippen LogP contribution >= 0.6 is 122 Å². The van der Waals surface area contributed by atoms with Crippen LogP contribution in [0.5, 0.6) is 0 Å². The van der Waals surface area contributed by atoms with Crippen LogP contribution in [0.1, 0.15) is 20.7 Å². The second-order valence-corrected chi connectivity index (χ2v) is 11.3. The molecular formula is C14H4Br2Cl2I2O2S2. The lowest BCUT2D eigenvalue weighted by molar-refractivity contribution is 0.107. The molecule has 0 aromatic heterocycles. The van der Waals surface area contributed by atoms with Crippen LogP contribution < -0.4 is 0 Å². The van der Waals surface area contributed by atoms with Gasteiger partial charge in [-0.05, 0) is 91.0 Å². The zero-order valence-corrected chi connectivity index (χ0v) is 21.8. The third-order valence-electron chi connectivity index (χ3n) is 2.62. The Balaban J connectivity index is 2.17. The first-order chi connectivity index (χ1) is 11.2. The summed E-state index contributed by atoms with van der Waals surface area (Å²) in [7, 11) is 1.68. The van der Waals surface area contributed by atoms with Gasteiger partial charge in [0.15, 0.2) is 0 Å². The van der Waals surface area contributed by atoms with Gasteiger partial charge >= 0.3 is 0 Å². The van der Waals surface area contributed by atoms with E-state index in [1.54, 1.807) is 24.3 Å². The molecule has 0 radical (unpaired) electrons. The van der Waals surface area contributed by atoms with E-state index >= 15 is 0 Å². The van der Waals surface area contributed by atoms with E-state index in [0.29, 0.717) is 28.3 Å². The molecule has 0 heterocycles. The van der Waals surface area contributed by atoms with Gasteiger partial charge in [-0.3, -0.25) is 9.59 Å². The van der Waals surface area contributed by atoms with Crippen molar-refractivity contribution < 1.29 is 9.59 Å². The maximum atomic E-state index is 12.4. The van der Waals surface area contributed by atoms with Gasteiger partial charge in [-0.2, -0.15) is 0 Å². The SMILES string of the molecule is O=C(SSC(=O)c1c(Cl)cc(Br)cc1I)c1c(Cl)cc(Br)cc1I. The highest BCUT2D eigenvalue weighted by molar-refractivity contribution is 14.1. The Hall–Kier alpha value is 1.48. The molecule has 2 aromatic rings. The highest BCUT2D eigenvalue weighted by Crippen LogP contribution is 2.38. The molecule has 0 saturated carbocycles. The van der Waals surface area contributed by atoms with Crippen molar-refractivity contribution in [1.29, 1.82) is 0 Å². The van der Waals surface area contributed by atoms with Gasteiger partial charge in [0, 0.05) is 16.1 Å². The number of carbonyl (C=O) groups is 2. The minimum absolute atomic E-state index is 0.279. The Kier molecular flexibility index (Phi) is 8.72. The predicted molar refractivity (Wildman–Crippen MR) is 128 cm³/mol. The van der Waals surface area contributed by atoms with Crippen LogP contribution in [-0.4, -0.2) is 10.2 Å². The molecule has 0 bridgehead atoms. The molecule has 0 unspecified atom stereocenters. The summed E-state index contributed by atoms with van der Waals surface area (Å²) in [5.74, 6) is 0. The van der Waals surface area contributed by atoms with E-state index in [1.807, 2.05) is 45.2 Å². The molecule has 24 heavy (non-hydrogen) atoms. The average molecular weight is 753 g/mol. The maximum Gasteiger partial charge on any atom is 0.232 e. The van der Waals surface area contributed by atoms with Gasteiger partial charge in [-0.1, -0.05) is 55.1 Å². The number of rotatable bonds is 2. The van der Waals surface area contributed by atoms with E-state index in [4.69, 9.17) is 23.2 Å². The Morgan fingerprint density at radius 3 is 1.42 bits per heavy atom. The van der Waals surface area contributed by atoms with Gasteiger partial charge in [-0.25, -0.2) is 0 Å². The van der Waals surface area contributed by atoms with E-state index in [-0.39, 0.29) is 10.2 Å². The van der Waals surface area contributed by atoms with Crippen molar-refractivity contribution in [2.75, 3.05) is 0 Å². The van der Waals surface area contributed by atoms with Gasteiger partial charge in [0.05, 0.1) is 21.2 Å². The summed E-state index contributed by atoms with van der Waals surface area (Å²) in [6, 6.07) is 6.89. The van der Waals surface area contributed by atoms with Crippen LogP contribution in [0.15, 0.2) is 33.2 Å². The Labute approximate surface area is 200 Å². The van der Waals surface area contributed by atoms with Crippen molar-refractivity contribution in [3.8, 4) is 0 Å². The first-order valence-electron chi connectivity index (χ1n) is 5.93. The highest BCUT2D eigenvalue weighted by Gasteiger charge is 2.21. The van der Waals surface area contributed by atoms with Crippen molar-refractivity contribution in [3.63, 3.8) is 0 Å². The Morgan fingerprint density at radius 2 is 1.12 bits per heavy atom. The Bertz CT molecular complexity index is 734. The number of benzene rings is 2. The third-order valence-corrected chi connectivity index (χ3v) is 7.78. The van der Waals surface area contributed by atoms with Crippen molar-refractivity contribution in [1.82, 2.24) is 0 Å². The molecule has 0 aliphatic rings. The van der Waals surface area contributed by atoms with E-state index in [1.165, 1.54) is 0 Å². The largest absolute Gasteiger partial charge is 0.281 e. The minimum atomic E-state index is -0.279. The fraction of sp³-hybridized carbons (Fsp3) is 0. The molecular weight excluding hydrogens is 749 g/mol. The molecule has 126 valence electrons. The highest BCUT2D eigenvalue weighted by atomic mass is 127. The molecule has 10 heteroatoms. The molecule has 0 N–H and O–H groups in total. The molecule has 0 atom stereocenters. The van der Waals surface area contributed by atoms with Gasteiger partial charge in [0.25, 0.3) is 0 Å². The minimum Gasteiger partial charge on any atom is -0.281 e. The van der Waals surface area contributed by atoms with Gasteiger partial charge in [0.1, 0.15) is 0 Å². The summed E-state index contributed by atoms with van der Waals surface area (Å²) in [5.41, 5.74) is 0.782. The molecule has 0 spiro atoms. The maximum absolute atomic E-state index is 12.4.